The summed E-state index contributed by atoms with van der Waals surface area (Å²) in [6.45, 7) is 3.22. The zero-order chi connectivity index (χ0) is 13.4. The number of hydrogen-bond acceptors (Lipinski definition) is 5. The number of oxazole rings is 1. The van der Waals surface area contributed by atoms with Gasteiger partial charge >= 0.3 is 5.97 Å². The summed E-state index contributed by atoms with van der Waals surface area (Å²) in [6, 6.07) is -1.02. The third kappa shape index (κ3) is 2.08. The fourth-order valence-electron chi connectivity index (χ4n) is 2.13. The van der Waals surface area contributed by atoms with Crippen LogP contribution in [-0.4, -0.2) is 50.7 Å². The Hall–Kier alpha value is -1.89. The number of carboxylic acid groups (broad SMARTS) is 1. The number of nitrogens with zero attached hydrogens (tertiary/aromatic N) is 2. The quantitative estimate of drug-likeness (QED) is 0.767. The number of aromatic nitrogens is 1. The normalized spacial score (nSPS) is 23.4. The van der Waals surface area contributed by atoms with Gasteiger partial charge in [0, 0.05) is 19.9 Å². The van der Waals surface area contributed by atoms with Gasteiger partial charge in [0.25, 0.3) is 5.91 Å². The molecule has 1 amide bonds. The van der Waals surface area contributed by atoms with Crippen LogP contribution < -0.4 is 0 Å². The Labute approximate surface area is 103 Å². The topological polar surface area (TPSA) is 104 Å². The number of β-amino-alcohol motifs (C(OH)–C–C–N with tert-alkyl or cyclic N) is 1. The molecule has 0 bridgehead atoms. The first-order valence-electron chi connectivity index (χ1n) is 5.56. The Kier molecular flexibility index (Phi) is 3.08. The monoisotopic (exact) mass is 254 g/mol. The van der Waals surface area contributed by atoms with Gasteiger partial charge in [-0.25, -0.2) is 9.78 Å². The molecule has 0 spiro atoms. The van der Waals surface area contributed by atoms with Crippen molar-refractivity contribution in [3.63, 3.8) is 0 Å². The molecule has 0 radical (unpaired) electrons. The summed E-state index contributed by atoms with van der Waals surface area (Å²) < 4.78 is 5.17. The summed E-state index contributed by atoms with van der Waals surface area (Å²) in [5.41, 5.74) is 0.419. The Morgan fingerprint density at radius 3 is 2.61 bits per heavy atom. The zero-order valence-electron chi connectivity index (χ0n) is 10.1. The number of carboxylic acids is 1. The van der Waals surface area contributed by atoms with E-state index in [0.29, 0.717) is 11.6 Å². The van der Waals surface area contributed by atoms with Gasteiger partial charge in [0.2, 0.25) is 5.76 Å². The van der Waals surface area contributed by atoms with Crippen molar-refractivity contribution in [2.75, 3.05) is 6.54 Å². The molecule has 1 aromatic heterocycles. The highest BCUT2D eigenvalue weighted by atomic mass is 16.4. The molecule has 1 saturated heterocycles. The van der Waals surface area contributed by atoms with E-state index in [4.69, 9.17) is 9.52 Å². The van der Waals surface area contributed by atoms with Gasteiger partial charge in [-0.2, -0.15) is 0 Å². The molecule has 98 valence electrons. The number of likely N-dealkylation sites (tertiary alicyclic amines) is 1. The van der Waals surface area contributed by atoms with E-state index in [1.807, 2.05) is 0 Å². The van der Waals surface area contributed by atoms with Crippen LogP contribution in [0.1, 0.15) is 28.6 Å². The van der Waals surface area contributed by atoms with Crippen LogP contribution in [0.5, 0.6) is 0 Å². The molecule has 2 N–H and O–H groups in total. The third-order valence-corrected chi connectivity index (χ3v) is 2.92. The molecule has 0 saturated carbocycles. The van der Waals surface area contributed by atoms with Crippen molar-refractivity contribution in [1.82, 2.24) is 9.88 Å². The third-order valence-electron chi connectivity index (χ3n) is 2.92. The summed E-state index contributed by atoms with van der Waals surface area (Å²) in [7, 11) is 0. The van der Waals surface area contributed by atoms with E-state index < -0.39 is 24.0 Å². The molecule has 0 aromatic carbocycles. The first-order valence-corrected chi connectivity index (χ1v) is 5.56. The molecule has 2 rings (SSSR count). The highest BCUT2D eigenvalue weighted by Crippen LogP contribution is 2.22. The maximum Gasteiger partial charge on any atom is 0.326 e. The van der Waals surface area contributed by atoms with Crippen LogP contribution in [-0.2, 0) is 4.79 Å². The van der Waals surface area contributed by atoms with E-state index in [2.05, 4.69) is 4.98 Å². The highest BCUT2D eigenvalue weighted by molar-refractivity contribution is 5.95. The van der Waals surface area contributed by atoms with Crippen LogP contribution in [0.2, 0.25) is 0 Å². The average molecular weight is 254 g/mol. The average Bonchev–Trinajstić information content (AvgIpc) is 2.81. The van der Waals surface area contributed by atoms with Crippen molar-refractivity contribution < 1.29 is 24.2 Å². The number of aliphatic hydroxyl groups excluding tert-OH is 1. The van der Waals surface area contributed by atoms with Gasteiger partial charge in [-0.1, -0.05) is 0 Å². The summed E-state index contributed by atoms with van der Waals surface area (Å²) >= 11 is 0. The number of rotatable bonds is 2. The minimum atomic E-state index is -1.13. The zero-order valence-corrected chi connectivity index (χ0v) is 10.1. The molecule has 2 atom stereocenters. The summed E-state index contributed by atoms with van der Waals surface area (Å²) in [5.74, 6) is -1.29. The van der Waals surface area contributed by atoms with Gasteiger partial charge in [-0.05, 0) is 6.92 Å². The van der Waals surface area contributed by atoms with Gasteiger partial charge in [0.05, 0.1) is 11.8 Å². The first kappa shape index (κ1) is 12.6. The van der Waals surface area contributed by atoms with Crippen LogP contribution in [0.25, 0.3) is 0 Å². The molecule has 7 heteroatoms. The van der Waals surface area contributed by atoms with Crippen LogP contribution in [0.4, 0.5) is 0 Å². The van der Waals surface area contributed by atoms with Gasteiger partial charge in [-0.15, -0.1) is 0 Å². The molecule has 1 aliphatic heterocycles. The van der Waals surface area contributed by atoms with Crippen molar-refractivity contribution in [3.8, 4) is 0 Å². The minimum absolute atomic E-state index is 0.00497. The molecule has 0 aliphatic carbocycles. The van der Waals surface area contributed by atoms with Gasteiger partial charge in [-0.3, -0.25) is 4.79 Å². The minimum Gasteiger partial charge on any atom is -0.480 e. The van der Waals surface area contributed by atoms with E-state index in [-0.39, 0.29) is 18.7 Å². The number of aliphatic hydroxyl groups is 1. The predicted molar refractivity (Wildman–Crippen MR) is 59.1 cm³/mol. The molecule has 0 unspecified atom stereocenters. The Morgan fingerprint density at radius 2 is 2.11 bits per heavy atom. The lowest BCUT2D eigenvalue weighted by molar-refractivity contribution is -0.141. The number of carbonyl (C=O) groups excluding carboxylic acids is 1. The standard InChI is InChI=1S/C11H14N2O5/c1-5-9(18-6(2)12-5)10(15)13-4-7(14)3-8(13)11(16)17/h7-8,14H,3-4H2,1-2H3,(H,16,17)/t7-,8-/m1/s1. The molecule has 7 nitrogen and oxygen atoms in total. The lowest BCUT2D eigenvalue weighted by atomic mass is 10.2. The van der Waals surface area contributed by atoms with E-state index in [0.717, 1.165) is 4.90 Å². The first-order chi connectivity index (χ1) is 8.40. The highest BCUT2D eigenvalue weighted by Gasteiger charge is 2.40. The van der Waals surface area contributed by atoms with Crippen LogP contribution >= 0.6 is 0 Å². The van der Waals surface area contributed by atoms with E-state index in [9.17, 15) is 14.7 Å². The largest absolute Gasteiger partial charge is 0.480 e. The smallest absolute Gasteiger partial charge is 0.326 e. The van der Waals surface area contributed by atoms with Crippen molar-refractivity contribution in [3.05, 3.63) is 17.3 Å². The fraction of sp³-hybridized carbons (Fsp3) is 0.545. The summed E-state index contributed by atoms with van der Waals surface area (Å²) in [4.78, 5) is 28.3. The molecule has 2 heterocycles. The summed E-state index contributed by atoms with van der Waals surface area (Å²) in [6.07, 6.45) is -0.785. The predicted octanol–water partition coefficient (Wildman–Crippen LogP) is -0.0486. The SMILES string of the molecule is Cc1nc(C)c(C(=O)N2C[C@H](O)C[C@@H]2C(=O)O)o1. The fourth-order valence-corrected chi connectivity index (χ4v) is 2.13. The Morgan fingerprint density at radius 1 is 1.44 bits per heavy atom. The van der Waals surface area contributed by atoms with Crippen molar-refractivity contribution in [2.24, 2.45) is 0 Å². The lowest BCUT2D eigenvalue weighted by Crippen LogP contribution is -2.40. The van der Waals surface area contributed by atoms with Crippen molar-refractivity contribution in [1.29, 1.82) is 0 Å². The maximum atomic E-state index is 12.2. The van der Waals surface area contributed by atoms with E-state index >= 15 is 0 Å². The Balaban J connectivity index is 2.28. The maximum absolute atomic E-state index is 12.2. The van der Waals surface area contributed by atoms with Gasteiger partial charge < -0.3 is 19.5 Å². The number of carbonyl (C=O) groups is 2. The number of aryl methyl sites for hydroxylation is 2. The second-order valence-corrected chi connectivity index (χ2v) is 4.35. The number of hydrogen-bond donors (Lipinski definition) is 2. The lowest BCUT2D eigenvalue weighted by Gasteiger charge is -2.19. The Bertz CT molecular complexity index is 496. The molecular weight excluding hydrogens is 240 g/mol. The van der Waals surface area contributed by atoms with Gasteiger partial charge in [0.1, 0.15) is 6.04 Å². The number of aliphatic carboxylic acids is 1. The van der Waals surface area contributed by atoms with E-state index in [1.54, 1.807) is 13.8 Å². The van der Waals surface area contributed by atoms with Crippen molar-refractivity contribution in [2.45, 2.75) is 32.4 Å². The van der Waals surface area contributed by atoms with Crippen LogP contribution in [0.15, 0.2) is 4.42 Å². The van der Waals surface area contributed by atoms with E-state index in [1.165, 1.54) is 0 Å². The molecule has 1 fully saturated rings. The second kappa shape index (κ2) is 4.41. The van der Waals surface area contributed by atoms with Gasteiger partial charge in [0.15, 0.2) is 5.89 Å². The molecule has 1 aromatic rings. The number of amides is 1. The molecular formula is C11H14N2O5. The molecule has 1 aliphatic rings. The second-order valence-electron chi connectivity index (χ2n) is 4.35. The summed E-state index contributed by atoms with van der Waals surface area (Å²) in [5, 5.41) is 18.5. The van der Waals surface area contributed by atoms with Crippen LogP contribution in [0, 0.1) is 13.8 Å². The van der Waals surface area contributed by atoms with Crippen LogP contribution in [0.3, 0.4) is 0 Å². The van der Waals surface area contributed by atoms with Crippen molar-refractivity contribution >= 4 is 11.9 Å². The molecule has 18 heavy (non-hydrogen) atoms.